The normalized spacial score (nSPS) is 22.3. The molecule has 0 aliphatic heterocycles. The van der Waals surface area contributed by atoms with Gasteiger partial charge in [0.2, 0.25) is 0 Å². The second-order valence-electron chi connectivity index (χ2n) is 4.86. The summed E-state index contributed by atoms with van der Waals surface area (Å²) < 4.78 is 0. The summed E-state index contributed by atoms with van der Waals surface area (Å²) in [5, 5.41) is 17.3. The third kappa shape index (κ3) is 2.60. The van der Waals surface area contributed by atoms with E-state index in [2.05, 4.69) is 19.2 Å². The number of rotatable bonds is 5. The molecule has 2 unspecified atom stereocenters. The van der Waals surface area contributed by atoms with E-state index in [0.29, 0.717) is 18.0 Å². The maximum atomic E-state index is 9.89. The summed E-state index contributed by atoms with van der Waals surface area (Å²) in [6, 6.07) is 2.49. The minimum Gasteiger partial charge on any atom is -0.387 e. The monoisotopic (exact) mass is 225 g/mol. The van der Waals surface area contributed by atoms with Gasteiger partial charge in [-0.25, -0.2) is 0 Å². The predicted molar refractivity (Wildman–Crippen MR) is 64.1 cm³/mol. The summed E-state index contributed by atoms with van der Waals surface area (Å²) in [6.45, 7) is 5.18. The van der Waals surface area contributed by atoms with Crippen molar-refractivity contribution in [1.29, 1.82) is 0 Å². The summed E-state index contributed by atoms with van der Waals surface area (Å²) in [5.74, 6) is 0. The number of aliphatic hydroxyl groups excluding tert-OH is 1. The molecule has 1 heterocycles. The molecule has 2 atom stereocenters. The van der Waals surface area contributed by atoms with E-state index in [0.717, 1.165) is 5.56 Å². The largest absolute Gasteiger partial charge is 0.387 e. The van der Waals surface area contributed by atoms with Gasteiger partial charge in [0.25, 0.3) is 0 Å². The summed E-state index contributed by atoms with van der Waals surface area (Å²) in [7, 11) is 0. The Morgan fingerprint density at radius 3 is 2.87 bits per heavy atom. The Morgan fingerprint density at radius 2 is 2.33 bits per heavy atom. The van der Waals surface area contributed by atoms with E-state index < -0.39 is 0 Å². The molecule has 15 heavy (non-hydrogen) atoms. The summed E-state index contributed by atoms with van der Waals surface area (Å²) in [5.41, 5.74) is 1.51. The molecular formula is C12H19NOS. The van der Waals surface area contributed by atoms with Crippen LogP contribution in [0.25, 0.3) is 0 Å². The van der Waals surface area contributed by atoms with E-state index in [1.807, 2.05) is 16.8 Å². The number of nitrogens with one attached hydrogen (secondary N) is 1. The lowest BCUT2D eigenvalue weighted by atomic mass is 10.0. The van der Waals surface area contributed by atoms with Crippen LogP contribution in [0.15, 0.2) is 16.8 Å². The highest BCUT2D eigenvalue weighted by molar-refractivity contribution is 7.07. The smallest absolute Gasteiger partial charge is 0.0922 e. The van der Waals surface area contributed by atoms with Crippen molar-refractivity contribution < 1.29 is 5.11 Å². The van der Waals surface area contributed by atoms with Crippen LogP contribution in [0.3, 0.4) is 0 Å². The molecule has 0 radical (unpaired) electrons. The van der Waals surface area contributed by atoms with Crippen LogP contribution in [-0.4, -0.2) is 17.7 Å². The maximum Gasteiger partial charge on any atom is 0.0922 e. The molecule has 0 amide bonds. The molecule has 3 heteroatoms. The van der Waals surface area contributed by atoms with E-state index in [1.54, 1.807) is 11.3 Å². The van der Waals surface area contributed by atoms with E-state index in [1.165, 1.54) is 12.8 Å². The Kier molecular flexibility index (Phi) is 3.14. The van der Waals surface area contributed by atoms with Crippen LogP contribution >= 0.6 is 11.3 Å². The SMILES string of the molecule is CC(NCC(O)c1ccsc1)C1(C)CC1. The molecule has 0 spiro atoms. The van der Waals surface area contributed by atoms with E-state index in [-0.39, 0.29) is 6.10 Å². The van der Waals surface area contributed by atoms with Crippen molar-refractivity contribution in [2.45, 2.75) is 38.8 Å². The molecule has 1 aliphatic rings. The molecule has 84 valence electrons. The van der Waals surface area contributed by atoms with Gasteiger partial charge in [-0.3, -0.25) is 0 Å². The first kappa shape index (κ1) is 11.1. The fourth-order valence-electron chi connectivity index (χ4n) is 1.75. The first-order valence-electron chi connectivity index (χ1n) is 5.55. The van der Waals surface area contributed by atoms with Gasteiger partial charge in [-0.1, -0.05) is 6.92 Å². The molecule has 0 bridgehead atoms. The summed E-state index contributed by atoms with van der Waals surface area (Å²) in [6.07, 6.45) is 2.27. The van der Waals surface area contributed by atoms with Gasteiger partial charge in [0.1, 0.15) is 0 Å². The second-order valence-corrected chi connectivity index (χ2v) is 5.64. The Morgan fingerprint density at radius 1 is 1.60 bits per heavy atom. The lowest BCUT2D eigenvalue weighted by molar-refractivity contribution is 0.165. The second kappa shape index (κ2) is 4.24. The molecule has 2 rings (SSSR count). The molecule has 1 fully saturated rings. The van der Waals surface area contributed by atoms with Gasteiger partial charge in [0.15, 0.2) is 0 Å². The zero-order valence-electron chi connectivity index (χ0n) is 9.36. The number of hydrogen-bond donors (Lipinski definition) is 2. The van der Waals surface area contributed by atoms with Crippen molar-refractivity contribution in [2.75, 3.05) is 6.54 Å². The van der Waals surface area contributed by atoms with Crippen LogP contribution < -0.4 is 5.32 Å². The van der Waals surface area contributed by atoms with Crippen LogP contribution in [0.5, 0.6) is 0 Å². The van der Waals surface area contributed by atoms with Crippen molar-refractivity contribution in [3.05, 3.63) is 22.4 Å². The number of hydrogen-bond acceptors (Lipinski definition) is 3. The molecule has 1 aromatic rings. The van der Waals surface area contributed by atoms with Crippen LogP contribution in [0.1, 0.15) is 38.4 Å². The molecule has 1 saturated carbocycles. The highest BCUT2D eigenvalue weighted by atomic mass is 32.1. The fraction of sp³-hybridized carbons (Fsp3) is 0.667. The molecule has 1 aromatic heterocycles. The molecule has 2 N–H and O–H groups in total. The van der Waals surface area contributed by atoms with Crippen molar-refractivity contribution in [3.8, 4) is 0 Å². The van der Waals surface area contributed by atoms with Gasteiger partial charge in [-0.05, 0) is 47.6 Å². The van der Waals surface area contributed by atoms with E-state index in [9.17, 15) is 5.11 Å². The van der Waals surface area contributed by atoms with Gasteiger partial charge >= 0.3 is 0 Å². The summed E-state index contributed by atoms with van der Waals surface area (Å²) in [4.78, 5) is 0. The molecule has 0 aromatic carbocycles. The van der Waals surface area contributed by atoms with Crippen LogP contribution in [0, 0.1) is 5.41 Å². The quantitative estimate of drug-likeness (QED) is 0.807. The van der Waals surface area contributed by atoms with Gasteiger partial charge in [-0.2, -0.15) is 11.3 Å². The first-order valence-corrected chi connectivity index (χ1v) is 6.50. The predicted octanol–water partition coefficient (Wildman–Crippen LogP) is 2.56. The molecule has 0 saturated heterocycles. The maximum absolute atomic E-state index is 9.89. The van der Waals surface area contributed by atoms with Gasteiger partial charge in [-0.15, -0.1) is 0 Å². The third-order valence-corrected chi connectivity index (χ3v) is 4.33. The topological polar surface area (TPSA) is 32.3 Å². The zero-order valence-corrected chi connectivity index (χ0v) is 10.2. The summed E-state index contributed by atoms with van der Waals surface area (Å²) >= 11 is 1.63. The fourth-order valence-corrected chi connectivity index (χ4v) is 2.45. The Bertz CT molecular complexity index is 305. The average molecular weight is 225 g/mol. The Hall–Kier alpha value is -0.380. The van der Waals surface area contributed by atoms with Crippen LogP contribution in [-0.2, 0) is 0 Å². The van der Waals surface area contributed by atoms with Gasteiger partial charge < -0.3 is 10.4 Å². The third-order valence-electron chi connectivity index (χ3n) is 3.63. The number of thiophene rings is 1. The molecule has 1 aliphatic carbocycles. The van der Waals surface area contributed by atoms with Crippen molar-refractivity contribution in [1.82, 2.24) is 5.32 Å². The number of aliphatic hydroxyl groups is 1. The molecular weight excluding hydrogens is 206 g/mol. The Labute approximate surface area is 95.3 Å². The Balaban J connectivity index is 1.78. The first-order chi connectivity index (χ1) is 7.12. The molecule has 2 nitrogen and oxygen atoms in total. The van der Waals surface area contributed by atoms with Gasteiger partial charge in [0.05, 0.1) is 6.10 Å². The van der Waals surface area contributed by atoms with Crippen molar-refractivity contribution >= 4 is 11.3 Å². The lowest BCUT2D eigenvalue weighted by Crippen LogP contribution is -2.36. The minimum atomic E-state index is -0.360. The minimum absolute atomic E-state index is 0.360. The highest BCUT2D eigenvalue weighted by Crippen LogP contribution is 2.47. The highest BCUT2D eigenvalue weighted by Gasteiger charge is 2.42. The average Bonchev–Trinajstić information content (AvgIpc) is 2.79. The van der Waals surface area contributed by atoms with Crippen LogP contribution in [0.4, 0.5) is 0 Å². The van der Waals surface area contributed by atoms with E-state index >= 15 is 0 Å². The van der Waals surface area contributed by atoms with Crippen molar-refractivity contribution in [3.63, 3.8) is 0 Å². The zero-order chi connectivity index (χ0) is 10.9. The van der Waals surface area contributed by atoms with E-state index in [4.69, 9.17) is 0 Å². The lowest BCUT2D eigenvalue weighted by Gasteiger charge is -2.22. The van der Waals surface area contributed by atoms with Crippen molar-refractivity contribution in [2.24, 2.45) is 5.41 Å². The van der Waals surface area contributed by atoms with Crippen LogP contribution in [0.2, 0.25) is 0 Å². The van der Waals surface area contributed by atoms with Gasteiger partial charge in [0, 0.05) is 12.6 Å². The standard InChI is InChI=1S/C12H19NOS/c1-9(12(2)4-5-12)13-7-11(14)10-3-6-15-8-10/h3,6,8-9,11,13-14H,4-5,7H2,1-2H3.